The molecule has 4 rings (SSSR count). The molecule has 0 radical (unpaired) electrons. The van der Waals surface area contributed by atoms with Gasteiger partial charge in [0.1, 0.15) is 5.82 Å². The van der Waals surface area contributed by atoms with Crippen LogP contribution < -0.4 is 0 Å². The van der Waals surface area contributed by atoms with Gasteiger partial charge in [0.2, 0.25) is 5.91 Å². The monoisotopic (exact) mass is 600 g/mol. The number of likely N-dealkylation sites (tertiary alicyclic amines) is 1. The lowest BCUT2D eigenvalue weighted by Crippen LogP contribution is -2.27. The third-order valence-corrected chi connectivity index (χ3v) is 7.31. The lowest BCUT2D eigenvalue weighted by Gasteiger charge is -2.19. The van der Waals surface area contributed by atoms with Crippen LogP contribution in [-0.2, 0) is 17.1 Å². The number of carbonyl (C=O) groups is 1. The van der Waals surface area contributed by atoms with Gasteiger partial charge in [-0.25, -0.2) is 4.39 Å². The molecule has 2 aromatic rings. The summed E-state index contributed by atoms with van der Waals surface area (Å²) in [6.07, 6.45) is -4.33. The minimum absolute atomic E-state index is 0.0197. The Balaban J connectivity index is 0.000000250. The van der Waals surface area contributed by atoms with Crippen molar-refractivity contribution < 1.29 is 40.6 Å². The first-order valence-corrected chi connectivity index (χ1v) is 13.3. The lowest BCUT2D eigenvalue weighted by atomic mass is 9.91. The second-order valence-electron chi connectivity index (χ2n) is 10.4. The number of rotatable bonds is 5. The Morgan fingerprint density at radius 3 is 2.10 bits per heavy atom. The molecule has 0 aromatic heterocycles. The van der Waals surface area contributed by atoms with Crippen LogP contribution in [0.3, 0.4) is 0 Å². The number of hydrogen-bond donors (Lipinski definition) is 1. The molecule has 1 aliphatic carbocycles. The predicted molar refractivity (Wildman–Crippen MR) is 143 cm³/mol. The molecular formula is C30H31F7N2O3. The summed E-state index contributed by atoms with van der Waals surface area (Å²) in [6, 6.07) is 7.45. The van der Waals surface area contributed by atoms with Crippen molar-refractivity contribution in [3.63, 3.8) is 0 Å². The van der Waals surface area contributed by atoms with Crippen LogP contribution in [0.2, 0.25) is 0 Å². The number of aliphatic hydroxyl groups is 1. The maximum absolute atomic E-state index is 13.0. The van der Waals surface area contributed by atoms with E-state index in [4.69, 9.17) is 5.11 Å². The molecule has 3 atom stereocenters. The van der Waals surface area contributed by atoms with Crippen molar-refractivity contribution >= 4 is 5.91 Å². The second-order valence-corrected chi connectivity index (χ2v) is 10.4. The van der Waals surface area contributed by atoms with Crippen LogP contribution in [0.15, 0.2) is 70.9 Å². The molecule has 1 N–H and O–H groups in total. The Labute approximate surface area is 238 Å². The van der Waals surface area contributed by atoms with E-state index < -0.39 is 35.1 Å². The van der Waals surface area contributed by atoms with E-state index in [9.17, 15) is 40.4 Å². The highest BCUT2D eigenvalue weighted by molar-refractivity contribution is 5.89. The Morgan fingerprint density at radius 1 is 1.02 bits per heavy atom. The fourth-order valence-corrected chi connectivity index (χ4v) is 4.83. The van der Waals surface area contributed by atoms with Gasteiger partial charge >= 0.3 is 12.4 Å². The Bertz CT molecular complexity index is 1280. The first kappa shape index (κ1) is 33.0. The number of nitrogens with zero attached hydrogens (tertiary/aromatic N) is 2. The van der Waals surface area contributed by atoms with E-state index in [1.807, 2.05) is 17.9 Å². The van der Waals surface area contributed by atoms with Gasteiger partial charge in [-0.05, 0) is 92.1 Å². The number of hydrogen-bond acceptors (Lipinski definition) is 4. The molecule has 0 bridgehead atoms. The SMILES string of the molecule is C/C(=C\C(=O)N1CCC(c2ccc(F)cc2)C1)C1=CCC(N=O)CC1.C[C@@H](O)c1cc(C(F)(F)F)cc(C(F)(F)F)c1. The van der Waals surface area contributed by atoms with Crippen LogP contribution in [-0.4, -0.2) is 35.0 Å². The summed E-state index contributed by atoms with van der Waals surface area (Å²) in [6.45, 7) is 4.44. The zero-order valence-corrected chi connectivity index (χ0v) is 23.0. The summed E-state index contributed by atoms with van der Waals surface area (Å²) in [5.41, 5.74) is -0.0829. The van der Waals surface area contributed by atoms with Crippen LogP contribution in [0.4, 0.5) is 30.7 Å². The Morgan fingerprint density at radius 2 is 1.62 bits per heavy atom. The Kier molecular flexibility index (Phi) is 10.7. The number of amides is 1. The summed E-state index contributed by atoms with van der Waals surface area (Å²) in [4.78, 5) is 25.0. The molecule has 1 amide bonds. The van der Waals surface area contributed by atoms with E-state index in [0.717, 1.165) is 49.4 Å². The number of carbonyl (C=O) groups excluding carboxylic acids is 1. The molecule has 5 nitrogen and oxygen atoms in total. The highest BCUT2D eigenvalue weighted by Gasteiger charge is 2.37. The zero-order valence-electron chi connectivity index (χ0n) is 23.0. The number of alkyl halides is 6. The number of allylic oxidation sites excluding steroid dienone is 2. The first-order valence-electron chi connectivity index (χ1n) is 13.3. The van der Waals surface area contributed by atoms with Crippen molar-refractivity contribution in [2.75, 3.05) is 13.1 Å². The molecule has 2 aliphatic rings. The van der Waals surface area contributed by atoms with Gasteiger partial charge in [-0.15, -0.1) is 0 Å². The normalized spacial score (nSPS) is 20.4. The third kappa shape index (κ3) is 8.98. The summed E-state index contributed by atoms with van der Waals surface area (Å²) >= 11 is 0. The van der Waals surface area contributed by atoms with E-state index in [1.165, 1.54) is 12.1 Å². The van der Waals surface area contributed by atoms with E-state index in [0.29, 0.717) is 25.1 Å². The van der Waals surface area contributed by atoms with E-state index in [2.05, 4.69) is 5.18 Å². The van der Waals surface area contributed by atoms with Gasteiger partial charge in [0.15, 0.2) is 0 Å². The van der Waals surface area contributed by atoms with Gasteiger partial charge in [0, 0.05) is 25.1 Å². The fourth-order valence-electron chi connectivity index (χ4n) is 4.83. The molecule has 42 heavy (non-hydrogen) atoms. The summed E-state index contributed by atoms with van der Waals surface area (Å²) in [7, 11) is 0. The summed E-state index contributed by atoms with van der Waals surface area (Å²) in [5.74, 6) is 0.0613. The number of aliphatic hydroxyl groups excluding tert-OH is 1. The first-order chi connectivity index (χ1) is 19.6. The van der Waals surface area contributed by atoms with Crippen molar-refractivity contribution in [1.82, 2.24) is 4.90 Å². The standard InChI is InChI=1S/C20H23FN2O2.C10H8F6O/c1-14(15-4-8-19(22-25)9-5-15)12-20(24)23-11-10-17(13-23)16-2-6-18(21)7-3-16;1-5(17)6-2-7(9(11,12)13)4-8(3-6)10(14,15)16/h2-4,6-7,12,17,19H,5,8-11,13H2,1H3;2-5,17H,1H3/b14-12+;/t;5-/m.1/s1. The van der Waals surface area contributed by atoms with Gasteiger partial charge < -0.3 is 10.0 Å². The van der Waals surface area contributed by atoms with Crippen LogP contribution in [0.25, 0.3) is 0 Å². The minimum atomic E-state index is -4.88. The highest BCUT2D eigenvalue weighted by atomic mass is 19.4. The van der Waals surface area contributed by atoms with E-state index in [1.54, 1.807) is 18.2 Å². The summed E-state index contributed by atoms with van der Waals surface area (Å²) < 4.78 is 87.1. The van der Waals surface area contributed by atoms with E-state index in [-0.39, 0.29) is 29.8 Å². The molecule has 2 unspecified atom stereocenters. The molecule has 1 fully saturated rings. The number of benzene rings is 2. The molecule has 228 valence electrons. The highest BCUT2D eigenvalue weighted by Crippen LogP contribution is 2.37. The van der Waals surface area contributed by atoms with Crippen LogP contribution in [0, 0.1) is 10.7 Å². The summed E-state index contributed by atoms with van der Waals surface area (Å²) in [5, 5.41) is 12.2. The topological polar surface area (TPSA) is 70.0 Å². The largest absolute Gasteiger partial charge is 0.416 e. The van der Waals surface area contributed by atoms with Crippen molar-refractivity contribution in [3.05, 3.63) is 98.7 Å². The maximum atomic E-state index is 13.0. The minimum Gasteiger partial charge on any atom is -0.389 e. The molecule has 0 saturated carbocycles. The van der Waals surface area contributed by atoms with Gasteiger partial charge in [-0.2, -0.15) is 31.2 Å². The van der Waals surface area contributed by atoms with Crippen molar-refractivity contribution in [1.29, 1.82) is 0 Å². The van der Waals surface area contributed by atoms with Gasteiger partial charge in [0.25, 0.3) is 0 Å². The molecule has 1 saturated heterocycles. The molecule has 1 heterocycles. The van der Waals surface area contributed by atoms with E-state index >= 15 is 0 Å². The van der Waals surface area contributed by atoms with Crippen LogP contribution in [0.5, 0.6) is 0 Å². The molecule has 2 aromatic carbocycles. The molecular weight excluding hydrogens is 569 g/mol. The third-order valence-electron chi connectivity index (χ3n) is 7.31. The van der Waals surface area contributed by atoms with Crippen LogP contribution in [0.1, 0.15) is 73.8 Å². The van der Waals surface area contributed by atoms with Gasteiger partial charge in [0.05, 0.1) is 23.3 Å². The van der Waals surface area contributed by atoms with Crippen molar-refractivity contribution in [3.8, 4) is 0 Å². The van der Waals surface area contributed by atoms with Gasteiger partial charge in [-0.3, -0.25) is 4.79 Å². The molecule has 1 aliphatic heterocycles. The predicted octanol–water partition coefficient (Wildman–Crippen LogP) is 8.11. The smallest absolute Gasteiger partial charge is 0.389 e. The number of halogens is 7. The second kappa shape index (κ2) is 13.6. The maximum Gasteiger partial charge on any atom is 0.416 e. The lowest BCUT2D eigenvalue weighted by molar-refractivity contribution is -0.143. The van der Waals surface area contributed by atoms with Crippen molar-refractivity contribution in [2.24, 2.45) is 5.18 Å². The molecule has 0 spiro atoms. The average Bonchev–Trinajstić information content (AvgIpc) is 3.43. The quantitative estimate of drug-likeness (QED) is 0.214. The zero-order chi connectivity index (χ0) is 31.2. The van der Waals surface area contributed by atoms with Crippen molar-refractivity contribution in [2.45, 2.75) is 69.9 Å². The average molecular weight is 601 g/mol. The van der Waals surface area contributed by atoms with Gasteiger partial charge in [-0.1, -0.05) is 23.4 Å². The molecule has 12 heteroatoms. The fraction of sp³-hybridized carbons (Fsp3) is 0.433. The Hall–Kier alpha value is -3.54. The number of nitroso groups, excluding NO2 is 1. The van der Waals surface area contributed by atoms with Crippen LogP contribution >= 0.6 is 0 Å².